The molecule has 0 aliphatic rings. The highest BCUT2D eigenvalue weighted by atomic mass is 32.2. The van der Waals surface area contributed by atoms with Crippen LogP contribution in [-0.4, -0.2) is 56.9 Å². The number of carbonyl (C=O) groups is 2. The number of aromatic nitrogens is 3. The molecule has 9 heteroatoms. The average molecular weight is 468 g/mol. The summed E-state index contributed by atoms with van der Waals surface area (Å²) in [4.78, 5) is 27.5. The summed E-state index contributed by atoms with van der Waals surface area (Å²) in [5.74, 6) is 1.28. The number of nitrogens with zero attached hydrogens (tertiary/aromatic N) is 4. The number of aryl methyl sites for hydroxylation is 1. The van der Waals surface area contributed by atoms with Crippen molar-refractivity contribution >= 4 is 29.3 Å². The number of methoxy groups -OCH3 is 1. The summed E-state index contributed by atoms with van der Waals surface area (Å²) in [5, 5.41) is 11.9. The first kappa shape index (κ1) is 24.3. The third kappa shape index (κ3) is 6.13. The first-order valence-electron chi connectivity index (χ1n) is 10.8. The second kappa shape index (κ2) is 11.5. The molecular weight excluding hydrogens is 438 g/mol. The van der Waals surface area contributed by atoms with Crippen molar-refractivity contribution < 1.29 is 14.3 Å². The van der Waals surface area contributed by atoms with Crippen LogP contribution in [-0.2, 0) is 9.59 Å². The molecule has 8 nitrogen and oxygen atoms in total. The lowest BCUT2D eigenvalue weighted by Gasteiger charge is -2.28. The molecule has 3 aromatic rings. The number of carbonyl (C=O) groups excluding carboxylic acids is 2. The highest BCUT2D eigenvalue weighted by Gasteiger charge is 2.26. The van der Waals surface area contributed by atoms with Gasteiger partial charge in [0.05, 0.1) is 12.9 Å². The van der Waals surface area contributed by atoms with Gasteiger partial charge in [-0.3, -0.25) is 14.2 Å². The lowest BCUT2D eigenvalue weighted by Crippen LogP contribution is -2.46. The first-order valence-corrected chi connectivity index (χ1v) is 11.8. The molecule has 0 spiro atoms. The van der Waals surface area contributed by atoms with Crippen molar-refractivity contribution in [2.45, 2.75) is 38.4 Å². The second-order valence-electron chi connectivity index (χ2n) is 7.47. The topological polar surface area (TPSA) is 89.3 Å². The van der Waals surface area contributed by atoms with Crippen LogP contribution < -0.4 is 10.1 Å². The van der Waals surface area contributed by atoms with E-state index in [2.05, 4.69) is 15.5 Å². The SMILES string of the molecule is CCCN(C(=O)CSc1nnc(C)n1-c1ccc(OC)cc1)C(C)C(=O)Nc1ccccc1. The largest absolute Gasteiger partial charge is 0.497 e. The quantitative estimate of drug-likeness (QED) is 0.454. The van der Waals surface area contributed by atoms with Crippen molar-refractivity contribution in [2.24, 2.45) is 0 Å². The van der Waals surface area contributed by atoms with Gasteiger partial charge in [-0.1, -0.05) is 36.9 Å². The Balaban J connectivity index is 1.69. The van der Waals surface area contributed by atoms with Gasteiger partial charge in [-0.05, 0) is 56.7 Å². The van der Waals surface area contributed by atoms with Crippen molar-refractivity contribution in [3.05, 3.63) is 60.4 Å². The molecule has 0 aliphatic heterocycles. The fourth-order valence-electron chi connectivity index (χ4n) is 3.36. The van der Waals surface area contributed by atoms with E-state index in [0.29, 0.717) is 17.4 Å². The van der Waals surface area contributed by atoms with E-state index in [9.17, 15) is 9.59 Å². The third-order valence-electron chi connectivity index (χ3n) is 5.12. The number of ether oxygens (including phenoxy) is 1. The smallest absolute Gasteiger partial charge is 0.246 e. The van der Waals surface area contributed by atoms with Crippen LogP contribution in [0.3, 0.4) is 0 Å². The fourth-order valence-corrected chi connectivity index (χ4v) is 4.24. The maximum absolute atomic E-state index is 13.1. The summed E-state index contributed by atoms with van der Waals surface area (Å²) in [6.07, 6.45) is 0.750. The van der Waals surface area contributed by atoms with Gasteiger partial charge in [-0.2, -0.15) is 0 Å². The zero-order valence-electron chi connectivity index (χ0n) is 19.3. The van der Waals surface area contributed by atoms with Crippen molar-refractivity contribution in [3.8, 4) is 11.4 Å². The van der Waals surface area contributed by atoms with Gasteiger partial charge in [0.1, 0.15) is 17.6 Å². The molecule has 3 rings (SSSR count). The molecule has 1 atom stereocenters. The lowest BCUT2D eigenvalue weighted by atomic mass is 10.2. The normalized spacial score (nSPS) is 11.6. The van der Waals surface area contributed by atoms with Crippen LogP contribution in [0, 0.1) is 6.92 Å². The van der Waals surface area contributed by atoms with E-state index >= 15 is 0 Å². The van der Waals surface area contributed by atoms with Crippen molar-refractivity contribution in [1.29, 1.82) is 0 Å². The van der Waals surface area contributed by atoms with Crippen LogP contribution in [0.15, 0.2) is 59.8 Å². The van der Waals surface area contributed by atoms with Gasteiger partial charge in [-0.15, -0.1) is 10.2 Å². The predicted octanol–water partition coefficient (Wildman–Crippen LogP) is 3.94. The molecule has 1 unspecified atom stereocenters. The van der Waals surface area contributed by atoms with E-state index in [1.165, 1.54) is 11.8 Å². The summed E-state index contributed by atoms with van der Waals surface area (Å²) < 4.78 is 7.12. The molecule has 2 aromatic carbocycles. The molecule has 33 heavy (non-hydrogen) atoms. The lowest BCUT2D eigenvalue weighted by molar-refractivity contribution is -0.135. The molecule has 0 aliphatic carbocycles. The number of para-hydroxylation sites is 1. The van der Waals surface area contributed by atoms with Gasteiger partial charge in [0, 0.05) is 17.9 Å². The Morgan fingerprint density at radius 1 is 1.12 bits per heavy atom. The monoisotopic (exact) mass is 467 g/mol. The van der Waals surface area contributed by atoms with Crippen molar-refractivity contribution in [1.82, 2.24) is 19.7 Å². The van der Waals surface area contributed by atoms with Gasteiger partial charge in [0.2, 0.25) is 11.8 Å². The van der Waals surface area contributed by atoms with Crippen LogP contribution in [0.25, 0.3) is 5.69 Å². The Hall–Kier alpha value is -3.33. The van der Waals surface area contributed by atoms with Gasteiger partial charge >= 0.3 is 0 Å². The van der Waals surface area contributed by atoms with Crippen LogP contribution in [0.2, 0.25) is 0 Å². The van der Waals surface area contributed by atoms with Crippen LogP contribution in [0.1, 0.15) is 26.1 Å². The minimum atomic E-state index is -0.598. The molecule has 2 amide bonds. The van der Waals surface area contributed by atoms with Crippen LogP contribution in [0.4, 0.5) is 5.69 Å². The maximum Gasteiger partial charge on any atom is 0.246 e. The van der Waals surface area contributed by atoms with E-state index in [-0.39, 0.29) is 17.6 Å². The molecule has 0 saturated carbocycles. The molecule has 1 aromatic heterocycles. The summed E-state index contributed by atoms with van der Waals surface area (Å²) >= 11 is 1.30. The highest BCUT2D eigenvalue weighted by molar-refractivity contribution is 7.99. The van der Waals surface area contributed by atoms with Crippen LogP contribution >= 0.6 is 11.8 Å². The summed E-state index contributed by atoms with van der Waals surface area (Å²) in [6, 6.07) is 16.2. The Kier molecular flexibility index (Phi) is 8.48. The Morgan fingerprint density at radius 2 is 1.82 bits per heavy atom. The van der Waals surface area contributed by atoms with Crippen LogP contribution in [0.5, 0.6) is 5.75 Å². The zero-order valence-corrected chi connectivity index (χ0v) is 20.1. The van der Waals surface area contributed by atoms with E-state index in [1.807, 2.05) is 73.0 Å². The number of hydrogen-bond donors (Lipinski definition) is 1. The highest BCUT2D eigenvalue weighted by Crippen LogP contribution is 2.24. The maximum atomic E-state index is 13.1. The molecule has 1 N–H and O–H groups in total. The molecule has 1 heterocycles. The van der Waals surface area contributed by atoms with E-state index in [0.717, 1.165) is 23.7 Å². The zero-order chi connectivity index (χ0) is 23.8. The number of anilines is 1. The van der Waals surface area contributed by atoms with Gasteiger partial charge in [0.25, 0.3) is 0 Å². The standard InChI is InChI=1S/C24H29N5O3S/c1-5-15-28(17(2)23(31)25-19-9-7-6-8-10-19)22(30)16-33-24-27-26-18(3)29(24)20-11-13-21(32-4)14-12-20/h6-14,17H,5,15-16H2,1-4H3,(H,25,31). The third-order valence-corrected chi connectivity index (χ3v) is 6.04. The van der Waals surface area contributed by atoms with Gasteiger partial charge in [0.15, 0.2) is 5.16 Å². The Bertz CT molecular complexity index is 1070. The fraction of sp³-hybridized carbons (Fsp3) is 0.333. The van der Waals surface area contributed by atoms with Crippen molar-refractivity contribution in [2.75, 3.05) is 24.7 Å². The minimum Gasteiger partial charge on any atom is -0.497 e. The molecule has 0 bridgehead atoms. The number of rotatable bonds is 10. The van der Waals surface area contributed by atoms with E-state index in [1.54, 1.807) is 18.9 Å². The van der Waals surface area contributed by atoms with Crippen molar-refractivity contribution in [3.63, 3.8) is 0 Å². The number of thioether (sulfide) groups is 1. The molecular formula is C24H29N5O3S. The average Bonchev–Trinajstić information content (AvgIpc) is 3.21. The molecule has 0 saturated heterocycles. The van der Waals surface area contributed by atoms with E-state index in [4.69, 9.17) is 4.74 Å². The number of benzene rings is 2. The Labute approximate surface area is 198 Å². The number of hydrogen-bond acceptors (Lipinski definition) is 6. The second-order valence-corrected chi connectivity index (χ2v) is 8.41. The number of nitrogens with one attached hydrogen (secondary N) is 1. The van der Waals surface area contributed by atoms with E-state index < -0.39 is 6.04 Å². The summed E-state index contributed by atoms with van der Waals surface area (Å²) in [7, 11) is 1.62. The first-order chi connectivity index (χ1) is 15.9. The number of amides is 2. The van der Waals surface area contributed by atoms with Gasteiger partial charge < -0.3 is 15.0 Å². The minimum absolute atomic E-state index is 0.125. The summed E-state index contributed by atoms with van der Waals surface area (Å²) in [5.41, 5.74) is 1.59. The molecule has 0 fully saturated rings. The molecule has 174 valence electrons. The molecule has 0 radical (unpaired) electrons. The van der Waals surface area contributed by atoms with Gasteiger partial charge in [-0.25, -0.2) is 0 Å². The Morgan fingerprint density at radius 3 is 2.45 bits per heavy atom. The predicted molar refractivity (Wildman–Crippen MR) is 130 cm³/mol. The summed E-state index contributed by atoms with van der Waals surface area (Å²) in [6.45, 7) is 6.09.